The summed E-state index contributed by atoms with van der Waals surface area (Å²) in [4.78, 5) is 13.5. The average Bonchev–Trinajstić information content (AvgIpc) is 2.36. The van der Waals surface area contributed by atoms with Gasteiger partial charge in [0, 0.05) is 44.6 Å². The Kier molecular flexibility index (Phi) is 8.17. The second-order valence-corrected chi connectivity index (χ2v) is 4.82. The van der Waals surface area contributed by atoms with Gasteiger partial charge in [0.15, 0.2) is 0 Å². The van der Waals surface area contributed by atoms with Crippen LogP contribution < -0.4 is 5.32 Å². The fourth-order valence-corrected chi connectivity index (χ4v) is 1.61. The summed E-state index contributed by atoms with van der Waals surface area (Å²) < 4.78 is 0. The normalized spacial score (nSPS) is 14.4. The predicted octanol–water partition coefficient (Wildman–Crippen LogP) is 1.24. The van der Waals surface area contributed by atoms with Crippen LogP contribution in [0.5, 0.6) is 0 Å². The number of aliphatic hydroxyl groups excluding tert-OH is 1. The summed E-state index contributed by atoms with van der Waals surface area (Å²) in [5.74, 6) is 0.199. The van der Waals surface area contributed by atoms with Gasteiger partial charge in [0.1, 0.15) is 0 Å². The molecule has 0 aromatic heterocycles. The largest absolute Gasteiger partial charge is 0.396 e. The minimum atomic E-state index is -0.0712. The molecule has 0 aliphatic carbocycles. The van der Waals surface area contributed by atoms with Gasteiger partial charge in [0.05, 0.1) is 0 Å². The summed E-state index contributed by atoms with van der Waals surface area (Å²) >= 11 is 0. The van der Waals surface area contributed by atoms with Gasteiger partial charge in [0.2, 0.25) is 5.91 Å². The van der Waals surface area contributed by atoms with E-state index in [1.165, 1.54) is 0 Å². The van der Waals surface area contributed by atoms with Gasteiger partial charge in [-0.2, -0.15) is 0 Å². The van der Waals surface area contributed by atoms with Crippen molar-refractivity contribution in [3.8, 4) is 0 Å². The summed E-state index contributed by atoms with van der Waals surface area (Å²) in [6.45, 7) is 11.3. The van der Waals surface area contributed by atoms with E-state index in [9.17, 15) is 9.90 Å². The SMILES string of the molecule is CCN(CC)C(=O)CCNCC(C)(CC)CO. The summed E-state index contributed by atoms with van der Waals surface area (Å²) in [5.41, 5.74) is -0.0712. The van der Waals surface area contributed by atoms with E-state index in [0.717, 1.165) is 26.1 Å². The smallest absolute Gasteiger partial charge is 0.223 e. The monoisotopic (exact) mass is 244 g/mol. The lowest BCUT2D eigenvalue weighted by Gasteiger charge is -2.26. The van der Waals surface area contributed by atoms with Gasteiger partial charge in [-0.1, -0.05) is 13.8 Å². The number of hydrogen-bond donors (Lipinski definition) is 2. The molecule has 1 amide bonds. The van der Waals surface area contributed by atoms with E-state index in [4.69, 9.17) is 0 Å². The molecule has 4 heteroatoms. The van der Waals surface area contributed by atoms with Crippen molar-refractivity contribution in [2.24, 2.45) is 5.41 Å². The highest BCUT2D eigenvalue weighted by molar-refractivity contribution is 5.76. The van der Waals surface area contributed by atoms with Crippen molar-refractivity contribution in [3.05, 3.63) is 0 Å². The van der Waals surface area contributed by atoms with Gasteiger partial charge in [-0.05, 0) is 20.3 Å². The zero-order chi connectivity index (χ0) is 13.3. The Bertz CT molecular complexity index is 211. The molecule has 102 valence electrons. The maximum absolute atomic E-state index is 11.7. The highest BCUT2D eigenvalue weighted by Gasteiger charge is 2.20. The first kappa shape index (κ1) is 16.4. The van der Waals surface area contributed by atoms with Crippen LogP contribution in [0.3, 0.4) is 0 Å². The Balaban J connectivity index is 3.81. The van der Waals surface area contributed by atoms with Crippen molar-refractivity contribution in [2.45, 2.75) is 40.5 Å². The molecule has 0 heterocycles. The van der Waals surface area contributed by atoms with Crippen LogP contribution in [0.25, 0.3) is 0 Å². The number of hydrogen-bond acceptors (Lipinski definition) is 3. The van der Waals surface area contributed by atoms with Gasteiger partial charge in [-0.3, -0.25) is 4.79 Å². The predicted molar refractivity (Wildman–Crippen MR) is 70.9 cm³/mol. The zero-order valence-electron chi connectivity index (χ0n) is 11.8. The molecule has 0 aromatic rings. The average molecular weight is 244 g/mol. The summed E-state index contributed by atoms with van der Waals surface area (Å²) in [6, 6.07) is 0. The van der Waals surface area contributed by atoms with Gasteiger partial charge < -0.3 is 15.3 Å². The van der Waals surface area contributed by atoms with E-state index in [0.29, 0.717) is 13.0 Å². The molecule has 0 spiro atoms. The molecule has 0 fully saturated rings. The van der Waals surface area contributed by atoms with Gasteiger partial charge in [0.25, 0.3) is 0 Å². The van der Waals surface area contributed by atoms with Gasteiger partial charge in [-0.25, -0.2) is 0 Å². The summed E-state index contributed by atoms with van der Waals surface area (Å²) in [5, 5.41) is 12.5. The molecule has 0 saturated carbocycles. The number of aliphatic hydroxyl groups is 1. The van der Waals surface area contributed by atoms with E-state index in [2.05, 4.69) is 12.2 Å². The number of rotatable bonds is 9. The fraction of sp³-hybridized carbons (Fsp3) is 0.923. The minimum Gasteiger partial charge on any atom is -0.396 e. The Morgan fingerprint density at radius 1 is 1.29 bits per heavy atom. The maximum atomic E-state index is 11.7. The molecule has 0 bridgehead atoms. The number of amides is 1. The quantitative estimate of drug-likeness (QED) is 0.600. The molecule has 2 N–H and O–H groups in total. The zero-order valence-corrected chi connectivity index (χ0v) is 11.8. The van der Waals surface area contributed by atoms with Crippen LogP contribution in [0.15, 0.2) is 0 Å². The van der Waals surface area contributed by atoms with Crippen molar-refractivity contribution < 1.29 is 9.90 Å². The molecule has 1 atom stereocenters. The van der Waals surface area contributed by atoms with E-state index in [1.807, 2.05) is 25.7 Å². The third kappa shape index (κ3) is 6.03. The Morgan fingerprint density at radius 2 is 1.88 bits per heavy atom. The molecule has 0 aromatic carbocycles. The van der Waals surface area contributed by atoms with Crippen molar-refractivity contribution in [1.82, 2.24) is 10.2 Å². The van der Waals surface area contributed by atoms with Crippen LogP contribution in [0, 0.1) is 5.41 Å². The summed E-state index contributed by atoms with van der Waals surface area (Å²) in [6.07, 6.45) is 1.47. The first-order chi connectivity index (χ1) is 8.02. The fourth-order valence-electron chi connectivity index (χ4n) is 1.61. The van der Waals surface area contributed by atoms with Crippen LogP contribution in [-0.2, 0) is 4.79 Å². The van der Waals surface area contributed by atoms with Crippen LogP contribution >= 0.6 is 0 Å². The third-order valence-corrected chi connectivity index (χ3v) is 3.42. The molecule has 0 aliphatic heterocycles. The van der Waals surface area contributed by atoms with E-state index < -0.39 is 0 Å². The van der Waals surface area contributed by atoms with E-state index >= 15 is 0 Å². The second kappa shape index (κ2) is 8.48. The molecule has 17 heavy (non-hydrogen) atoms. The molecule has 1 unspecified atom stereocenters. The summed E-state index contributed by atoms with van der Waals surface area (Å²) in [7, 11) is 0. The molecular formula is C13H28N2O2. The van der Waals surface area contributed by atoms with Crippen LogP contribution in [0.2, 0.25) is 0 Å². The lowest BCUT2D eigenvalue weighted by atomic mass is 9.89. The van der Waals surface area contributed by atoms with Crippen LogP contribution in [0.4, 0.5) is 0 Å². The molecule has 0 rings (SSSR count). The van der Waals surface area contributed by atoms with Crippen LogP contribution in [0.1, 0.15) is 40.5 Å². The lowest BCUT2D eigenvalue weighted by molar-refractivity contribution is -0.130. The second-order valence-electron chi connectivity index (χ2n) is 4.82. The Morgan fingerprint density at radius 3 is 2.29 bits per heavy atom. The highest BCUT2D eigenvalue weighted by atomic mass is 16.3. The Labute approximate surface area is 105 Å². The van der Waals surface area contributed by atoms with Gasteiger partial charge in [-0.15, -0.1) is 0 Å². The molecule has 0 saturated heterocycles. The standard InChI is InChI=1S/C13H28N2O2/c1-5-13(4,11-16)10-14-9-8-12(17)15(6-2)7-3/h14,16H,5-11H2,1-4H3. The number of carbonyl (C=O) groups excluding carboxylic acids is 1. The van der Waals surface area contributed by atoms with Crippen LogP contribution in [-0.4, -0.2) is 48.7 Å². The van der Waals surface area contributed by atoms with E-state index in [-0.39, 0.29) is 17.9 Å². The third-order valence-electron chi connectivity index (χ3n) is 3.42. The number of carbonyl (C=O) groups is 1. The van der Waals surface area contributed by atoms with Crippen molar-refractivity contribution >= 4 is 5.91 Å². The molecule has 0 radical (unpaired) electrons. The first-order valence-electron chi connectivity index (χ1n) is 6.62. The van der Waals surface area contributed by atoms with Crippen molar-refractivity contribution in [1.29, 1.82) is 0 Å². The van der Waals surface area contributed by atoms with Gasteiger partial charge >= 0.3 is 0 Å². The maximum Gasteiger partial charge on any atom is 0.223 e. The van der Waals surface area contributed by atoms with Crippen molar-refractivity contribution in [3.63, 3.8) is 0 Å². The topological polar surface area (TPSA) is 52.6 Å². The number of nitrogens with one attached hydrogen (secondary N) is 1. The molecular weight excluding hydrogens is 216 g/mol. The first-order valence-corrected chi connectivity index (χ1v) is 6.62. The molecule has 0 aliphatic rings. The molecule has 4 nitrogen and oxygen atoms in total. The highest BCUT2D eigenvalue weighted by Crippen LogP contribution is 2.18. The lowest BCUT2D eigenvalue weighted by Crippen LogP contribution is -2.37. The van der Waals surface area contributed by atoms with Crippen molar-refractivity contribution in [2.75, 3.05) is 32.8 Å². The minimum absolute atomic E-state index is 0.0712. The number of nitrogens with zero attached hydrogens (tertiary/aromatic N) is 1. The van der Waals surface area contributed by atoms with E-state index in [1.54, 1.807) is 0 Å². The Hall–Kier alpha value is -0.610.